The molecule has 1 aromatic heterocycles. The number of alkyl carbamates (subject to hydrolysis) is 1. The lowest BCUT2D eigenvalue weighted by molar-refractivity contribution is -0.151. The number of hydrogen-bond donors (Lipinski definition) is 1. The van der Waals surface area contributed by atoms with E-state index in [1.54, 1.807) is 39.0 Å². The predicted molar refractivity (Wildman–Crippen MR) is 190 cm³/mol. The van der Waals surface area contributed by atoms with Gasteiger partial charge in [0.25, 0.3) is 0 Å². The summed E-state index contributed by atoms with van der Waals surface area (Å²) in [5, 5.41) is 3.14. The number of carbonyl (C=O) groups excluding carboxylic acids is 3. The van der Waals surface area contributed by atoms with Gasteiger partial charge in [-0.1, -0.05) is 18.9 Å². The van der Waals surface area contributed by atoms with Gasteiger partial charge in [0.05, 0.1) is 32.4 Å². The number of fused-ring (bicyclic) bond motifs is 3. The molecule has 0 radical (unpaired) electrons. The van der Waals surface area contributed by atoms with Gasteiger partial charge in [-0.15, -0.1) is 6.58 Å². The van der Waals surface area contributed by atoms with Crippen LogP contribution in [0.3, 0.4) is 0 Å². The number of morpholine rings is 1. The second-order valence-electron chi connectivity index (χ2n) is 14.9. The van der Waals surface area contributed by atoms with Gasteiger partial charge in [0.15, 0.2) is 11.4 Å². The molecule has 2 amide bonds. The molecule has 292 valence electrons. The van der Waals surface area contributed by atoms with Crippen LogP contribution in [0.1, 0.15) is 77.0 Å². The van der Waals surface area contributed by atoms with Crippen molar-refractivity contribution in [3.05, 3.63) is 42.1 Å². The van der Waals surface area contributed by atoms with Crippen molar-refractivity contribution in [2.45, 2.75) is 102 Å². The van der Waals surface area contributed by atoms with Gasteiger partial charge in [-0.2, -0.15) is 13.2 Å². The van der Waals surface area contributed by atoms with Crippen molar-refractivity contribution in [3.8, 4) is 11.5 Å². The van der Waals surface area contributed by atoms with Gasteiger partial charge >= 0.3 is 18.2 Å². The number of likely N-dealkylation sites (tertiary alicyclic amines) is 1. The lowest BCUT2D eigenvalue weighted by Gasteiger charge is -2.37. The molecule has 5 rings (SSSR count). The molecular formula is C38H51F3N4O8. The highest BCUT2D eigenvalue weighted by Gasteiger charge is 2.55. The third-order valence-electron chi connectivity index (χ3n) is 9.76. The largest absolute Gasteiger partial charge is 0.492 e. The first-order valence-corrected chi connectivity index (χ1v) is 18.3. The number of pyridine rings is 1. The molecule has 3 atom stereocenters. The SMILES string of the molecule is C=CCCCCCC(NC(=O)OC(C)(C)C)C(=O)N1CC2(CCc3c(c(C(F)(F)F)nc4ccc(OCCN5CCOCC5)cc34)O2)CC1C(=O)OC. The summed E-state index contributed by atoms with van der Waals surface area (Å²) in [4.78, 5) is 47.8. The van der Waals surface area contributed by atoms with Crippen LogP contribution in [-0.4, -0.2) is 109 Å². The van der Waals surface area contributed by atoms with Gasteiger partial charge in [0.1, 0.15) is 35.6 Å². The number of aryl methyl sites for hydroxylation is 1. The Bertz CT molecular complexity index is 1640. The summed E-state index contributed by atoms with van der Waals surface area (Å²) in [6.45, 7) is 12.6. The number of hydrogen-bond acceptors (Lipinski definition) is 10. The van der Waals surface area contributed by atoms with Crippen molar-refractivity contribution >= 4 is 28.9 Å². The fraction of sp³-hybridized carbons (Fsp3) is 0.632. The minimum absolute atomic E-state index is 0.108. The number of ether oxygens (including phenoxy) is 5. The quantitative estimate of drug-likeness (QED) is 0.152. The van der Waals surface area contributed by atoms with Crippen LogP contribution in [0.4, 0.5) is 18.0 Å². The lowest BCUT2D eigenvalue weighted by atomic mass is 9.87. The summed E-state index contributed by atoms with van der Waals surface area (Å²) in [6, 6.07) is 2.58. The van der Waals surface area contributed by atoms with Crippen molar-refractivity contribution in [1.82, 2.24) is 20.1 Å². The summed E-state index contributed by atoms with van der Waals surface area (Å²) in [5.41, 5.74) is -2.89. The topological polar surface area (TPSA) is 129 Å². The van der Waals surface area contributed by atoms with Crippen LogP contribution in [0.2, 0.25) is 0 Å². The maximum absolute atomic E-state index is 14.6. The highest BCUT2D eigenvalue weighted by Crippen LogP contribution is 2.48. The number of aromatic nitrogens is 1. The summed E-state index contributed by atoms with van der Waals surface area (Å²) in [5.74, 6) is -1.25. The Morgan fingerprint density at radius 2 is 1.91 bits per heavy atom. The molecule has 12 nitrogen and oxygen atoms in total. The molecule has 2 fully saturated rings. The van der Waals surface area contributed by atoms with Crippen molar-refractivity contribution in [3.63, 3.8) is 0 Å². The highest BCUT2D eigenvalue weighted by molar-refractivity contribution is 5.91. The maximum atomic E-state index is 14.6. The van der Waals surface area contributed by atoms with E-state index >= 15 is 0 Å². The van der Waals surface area contributed by atoms with Crippen LogP contribution < -0.4 is 14.8 Å². The summed E-state index contributed by atoms with van der Waals surface area (Å²) >= 11 is 0. The van der Waals surface area contributed by atoms with E-state index < -0.39 is 58.9 Å². The highest BCUT2D eigenvalue weighted by atomic mass is 19.4. The molecule has 1 N–H and O–H groups in total. The number of allylic oxidation sites excluding steroid dienone is 1. The molecule has 0 bridgehead atoms. The Morgan fingerprint density at radius 1 is 1.15 bits per heavy atom. The summed E-state index contributed by atoms with van der Waals surface area (Å²) in [7, 11) is 1.18. The van der Waals surface area contributed by atoms with Gasteiger partial charge in [0.2, 0.25) is 5.91 Å². The molecule has 3 aliphatic heterocycles. The van der Waals surface area contributed by atoms with E-state index in [9.17, 15) is 27.6 Å². The van der Waals surface area contributed by atoms with Crippen LogP contribution in [0.15, 0.2) is 30.9 Å². The van der Waals surface area contributed by atoms with E-state index in [1.165, 1.54) is 18.1 Å². The monoisotopic (exact) mass is 748 g/mol. The number of methoxy groups -OCH3 is 1. The van der Waals surface area contributed by atoms with Crippen LogP contribution in [0, 0.1) is 0 Å². The van der Waals surface area contributed by atoms with Crippen molar-refractivity contribution in [2.75, 3.05) is 53.1 Å². The number of amides is 2. The average Bonchev–Trinajstić information content (AvgIpc) is 3.47. The normalized spacial score (nSPS) is 21.1. The van der Waals surface area contributed by atoms with E-state index in [2.05, 4.69) is 21.8 Å². The van der Waals surface area contributed by atoms with Crippen LogP contribution in [-0.2, 0) is 36.4 Å². The number of unbranched alkanes of at least 4 members (excludes halogenated alkanes) is 3. The first kappa shape index (κ1) is 40.1. The zero-order valence-corrected chi connectivity index (χ0v) is 31.0. The number of carbonyl (C=O) groups is 3. The number of benzene rings is 1. The number of nitrogens with one attached hydrogen (secondary N) is 1. The Hall–Kier alpha value is -4.11. The van der Waals surface area contributed by atoms with Gasteiger partial charge in [-0.3, -0.25) is 9.69 Å². The fourth-order valence-electron chi connectivity index (χ4n) is 7.17. The molecule has 2 aromatic rings. The molecule has 1 spiro atoms. The van der Waals surface area contributed by atoms with Crippen LogP contribution in [0.5, 0.6) is 11.5 Å². The maximum Gasteiger partial charge on any atom is 0.437 e. The third-order valence-corrected chi connectivity index (χ3v) is 9.76. The van der Waals surface area contributed by atoms with E-state index in [4.69, 9.17) is 23.7 Å². The average molecular weight is 749 g/mol. The molecule has 15 heteroatoms. The molecule has 53 heavy (non-hydrogen) atoms. The smallest absolute Gasteiger partial charge is 0.437 e. The Labute approximate surface area is 308 Å². The molecule has 3 aliphatic rings. The van der Waals surface area contributed by atoms with E-state index in [1.807, 2.05) is 0 Å². The molecule has 3 unspecified atom stereocenters. The number of esters is 1. The van der Waals surface area contributed by atoms with Crippen LogP contribution in [0.25, 0.3) is 10.9 Å². The number of alkyl halides is 3. The summed E-state index contributed by atoms with van der Waals surface area (Å²) in [6.07, 6.45) is -0.357. The van der Waals surface area contributed by atoms with Crippen molar-refractivity contribution < 1.29 is 51.2 Å². The first-order valence-electron chi connectivity index (χ1n) is 18.3. The molecule has 0 saturated carbocycles. The van der Waals surface area contributed by atoms with E-state index in [0.717, 1.165) is 32.4 Å². The van der Waals surface area contributed by atoms with Gasteiger partial charge in [0, 0.05) is 37.0 Å². The second kappa shape index (κ2) is 16.9. The molecule has 0 aliphatic carbocycles. The van der Waals surface area contributed by atoms with Crippen molar-refractivity contribution in [1.29, 1.82) is 0 Å². The molecule has 4 heterocycles. The van der Waals surface area contributed by atoms with Gasteiger partial charge < -0.3 is 33.9 Å². The first-order chi connectivity index (χ1) is 25.1. The van der Waals surface area contributed by atoms with Crippen molar-refractivity contribution in [2.24, 2.45) is 0 Å². The van der Waals surface area contributed by atoms with E-state index in [-0.39, 0.29) is 37.7 Å². The predicted octanol–water partition coefficient (Wildman–Crippen LogP) is 5.83. The standard InChI is InChI=1S/C38H51F3N4O8/c1-6-7-8-9-10-11-29(43-35(48)53-36(2,3)4)33(46)45-24-37(23-30(45)34(47)49-5)15-14-26-27-22-25(51-21-18-44-16-19-50-20-17-44)12-13-28(27)42-32(31(26)52-37)38(39,40)41/h6,12-13,22,29-30H,1,7-11,14-21,23-24H2,2-5H3,(H,43,48). The number of nitrogens with zero attached hydrogens (tertiary/aromatic N) is 3. The minimum atomic E-state index is -4.85. The Balaban J connectivity index is 1.42. The zero-order valence-electron chi connectivity index (χ0n) is 31.0. The van der Waals surface area contributed by atoms with Gasteiger partial charge in [-0.25, -0.2) is 14.6 Å². The van der Waals surface area contributed by atoms with E-state index in [0.29, 0.717) is 49.5 Å². The Kier molecular flexibility index (Phi) is 12.8. The minimum Gasteiger partial charge on any atom is -0.492 e. The zero-order chi connectivity index (χ0) is 38.4. The number of rotatable bonds is 13. The van der Waals surface area contributed by atoms with Crippen LogP contribution >= 0.6 is 0 Å². The number of halogens is 3. The fourth-order valence-corrected chi connectivity index (χ4v) is 7.17. The molecule has 1 aromatic carbocycles. The molecule has 2 saturated heterocycles. The van der Waals surface area contributed by atoms with Gasteiger partial charge in [-0.05, 0) is 71.1 Å². The Morgan fingerprint density at radius 3 is 2.58 bits per heavy atom. The third kappa shape index (κ3) is 10.1. The second-order valence-corrected chi connectivity index (χ2v) is 14.9. The lowest BCUT2D eigenvalue weighted by Crippen LogP contribution is -2.53. The summed E-state index contributed by atoms with van der Waals surface area (Å²) < 4.78 is 72.1. The molecular weight excluding hydrogens is 697 g/mol.